The van der Waals surface area contributed by atoms with Gasteiger partial charge in [0.1, 0.15) is 0 Å². The van der Waals surface area contributed by atoms with Gasteiger partial charge in [-0.3, -0.25) is 0 Å². The zero-order valence-electron chi connectivity index (χ0n) is 9.57. The number of hydrogen-bond acceptors (Lipinski definition) is 5. The molecule has 1 unspecified atom stereocenters. The Morgan fingerprint density at radius 3 is 2.56 bits per heavy atom. The third-order valence-corrected chi connectivity index (χ3v) is 3.42. The highest BCUT2D eigenvalue weighted by Gasteiger charge is 2.18. The highest BCUT2D eigenvalue weighted by Crippen LogP contribution is 2.16. The third-order valence-electron chi connectivity index (χ3n) is 2.18. The number of nitrogens with zero attached hydrogens (tertiary/aromatic N) is 2. The van der Waals surface area contributed by atoms with Gasteiger partial charge in [-0.1, -0.05) is 6.07 Å². The van der Waals surface area contributed by atoms with Gasteiger partial charge in [-0.25, -0.2) is 14.8 Å². The summed E-state index contributed by atoms with van der Waals surface area (Å²) in [5.41, 5.74) is 0.319. The number of methoxy groups -OCH3 is 1. The highest BCUT2D eigenvalue weighted by molar-refractivity contribution is 7.91. The van der Waals surface area contributed by atoms with Crippen molar-refractivity contribution in [3.8, 4) is 0 Å². The number of esters is 1. The molecule has 0 aromatic carbocycles. The fourth-order valence-electron chi connectivity index (χ4n) is 1.29. The number of hydrogen-bond donors (Lipinski definition) is 0. The Bertz CT molecular complexity index is 531. The van der Waals surface area contributed by atoms with Gasteiger partial charge in [0.2, 0.25) is 0 Å². The normalized spacial score (nSPS) is 11.9. The number of carbonyl (C=O) groups is 1. The van der Waals surface area contributed by atoms with Gasteiger partial charge in [-0.05, 0) is 12.1 Å². The van der Waals surface area contributed by atoms with Crippen LogP contribution < -0.4 is 0 Å². The molecule has 2 aromatic heterocycles. The van der Waals surface area contributed by atoms with Crippen molar-refractivity contribution in [2.45, 2.75) is 10.1 Å². The molecule has 0 aliphatic carbocycles. The van der Waals surface area contributed by atoms with E-state index in [0.717, 1.165) is 0 Å². The number of carbonyl (C=O) groups excluding carboxylic acids is 1. The van der Waals surface area contributed by atoms with E-state index in [1.807, 2.05) is 0 Å². The molecular formula is C12H10N2O3S. The van der Waals surface area contributed by atoms with Crippen molar-refractivity contribution >= 4 is 17.1 Å². The zero-order valence-corrected chi connectivity index (χ0v) is 10.4. The second-order valence-electron chi connectivity index (χ2n) is 3.31. The number of pyridine rings is 2. The summed E-state index contributed by atoms with van der Waals surface area (Å²) in [4.78, 5) is 19.2. The maximum atomic E-state index is 12.1. The van der Waals surface area contributed by atoms with Crippen LogP contribution >= 0.6 is 0 Å². The third kappa shape index (κ3) is 2.66. The topological polar surface area (TPSA) is 75.1 Å². The molecule has 0 aliphatic rings. The minimum absolute atomic E-state index is 0.319. The second-order valence-corrected chi connectivity index (χ2v) is 4.69. The first kappa shape index (κ1) is 12.5. The monoisotopic (exact) mass is 262 g/mol. The van der Waals surface area contributed by atoms with Crippen LogP contribution in [0, 0.1) is 0 Å². The number of rotatable bonds is 3. The van der Waals surface area contributed by atoms with E-state index in [-0.39, 0.29) is 0 Å². The number of ether oxygens (including phenoxy) is 1. The van der Waals surface area contributed by atoms with Crippen LogP contribution in [-0.4, -0.2) is 27.6 Å². The van der Waals surface area contributed by atoms with Crippen molar-refractivity contribution in [2.24, 2.45) is 0 Å². The Hall–Kier alpha value is -1.92. The standard InChI is InChI=1S/C12H10N2O3S/c1-17-12(15)9-5-6-11(14-8-9)18(16)10-4-2-3-7-13-10/h2-8H,1H3. The summed E-state index contributed by atoms with van der Waals surface area (Å²) in [6.07, 6.45) is 2.90. The molecule has 2 heterocycles. The summed E-state index contributed by atoms with van der Waals surface area (Å²) in [6.45, 7) is 0. The maximum absolute atomic E-state index is 12.1. The molecular weight excluding hydrogens is 252 g/mol. The van der Waals surface area contributed by atoms with E-state index in [1.54, 1.807) is 24.4 Å². The van der Waals surface area contributed by atoms with Crippen molar-refractivity contribution in [1.29, 1.82) is 0 Å². The van der Waals surface area contributed by atoms with Gasteiger partial charge < -0.3 is 9.29 Å². The fraction of sp³-hybridized carbons (Fsp3) is 0.0833. The summed E-state index contributed by atoms with van der Waals surface area (Å²) in [5.74, 6) is -0.474. The molecule has 2 rings (SSSR count). The molecule has 0 bridgehead atoms. The van der Waals surface area contributed by atoms with Crippen LogP contribution in [0.3, 0.4) is 0 Å². The van der Waals surface area contributed by atoms with Crippen molar-refractivity contribution in [3.05, 3.63) is 48.3 Å². The molecule has 0 fully saturated rings. The quantitative estimate of drug-likeness (QED) is 0.618. The molecule has 0 amide bonds. The molecule has 5 nitrogen and oxygen atoms in total. The lowest BCUT2D eigenvalue weighted by Crippen LogP contribution is -2.08. The van der Waals surface area contributed by atoms with Gasteiger partial charge in [0, 0.05) is 24.5 Å². The van der Waals surface area contributed by atoms with Gasteiger partial charge in [0.25, 0.3) is 10.1 Å². The van der Waals surface area contributed by atoms with E-state index < -0.39 is 17.1 Å². The van der Waals surface area contributed by atoms with Gasteiger partial charge in [0.15, 0.2) is 0 Å². The number of aromatic nitrogens is 2. The summed E-state index contributed by atoms with van der Waals surface area (Å²) in [5, 5.41) is 0.775. The molecule has 2 aromatic rings. The minimum atomic E-state index is -1.44. The summed E-state index contributed by atoms with van der Waals surface area (Å²) in [6, 6.07) is 8.20. The first-order valence-corrected chi connectivity index (χ1v) is 6.24. The zero-order chi connectivity index (χ0) is 13.0. The molecule has 1 atom stereocenters. The molecule has 92 valence electrons. The van der Waals surface area contributed by atoms with Gasteiger partial charge in [0.05, 0.1) is 23.8 Å². The lowest BCUT2D eigenvalue weighted by Gasteiger charge is -2.07. The molecule has 18 heavy (non-hydrogen) atoms. The first-order valence-electron chi connectivity index (χ1n) is 5.09. The molecule has 0 aliphatic heterocycles. The van der Waals surface area contributed by atoms with Gasteiger partial charge >= 0.3 is 5.97 Å². The Morgan fingerprint density at radius 2 is 2.00 bits per heavy atom. The lowest BCUT2D eigenvalue weighted by molar-refractivity contribution is 0.0600. The van der Waals surface area contributed by atoms with E-state index in [2.05, 4.69) is 14.7 Å². The van der Waals surface area contributed by atoms with Gasteiger partial charge in [-0.2, -0.15) is 0 Å². The van der Waals surface area contributed by atoms with Crippen molar-refractivity contribution in [2.75, 3.05) is 7.11 Å². The van der Waals surface area contributed by atoms with Crippen LogP contribution in [0.15, 0.2) is 52.8 Å². The summed E-state index contributed by atoms with van der Waals surface area (Å²) < 4.78 is 16.6. The molecule has 0 saturated carbocycles. The van der Waals surface area contributed by atoms with Crippen LogP contribution in [-0.2, 0) is 15.9 Å². The molecule has 0 spiro atoms. The molecule has 0 saturated heterocycles. The minimum Gasteiger partial charge on any atom is -0.604 e. The summed E-state index contributed by atoms with van der Waals surface area (Å²) in [7, 11) is 1.29. The van der Waals surface area contributed by atoms with Crippen LogP contribution in [0.1, 0.15) is 10.4 Å². The largest absolute Gasteiger partial charge is 0.604 e. The predicted octanol–water partition coefficient (Wildman–Crippen LogP) is 1.43. The SMILES string of the molecule is COC(=O)c1ccc([S+]([O-])c2ccccn2)nc1. The first-order chi connectivity index (χ1) is 8.72. The van der Waals surface area contributed by atoms with Gasteiger partial charge in [-0.15, -0.1) is 0 Å². The molecule has 6 heteroatoms. The van der Waals surface area contributed by atoms with Crippen molar-refractivity contribution in [1.82, 2.24) is 9.97 Å². The van der Waals surface area contributed by atoms with Crippen molar-refractivity contribution in [3.63, 3.8) is 0 Å². The van der Waals surface area contributed by atoms with Crippen LogP contribution in [0.4, 0.5) is 0 Å². The molecule has 0 radical (unpaired) electrons. The van der Waals surface area contributed by atoms with Crippen LogP contribution in [0.2, 0.25) is 0 Å². The molecule has 0 N–H and O–H groups in total. The van der Waals surface area contributed by atoms with Crippen LogP contribution in [0.25, 0.3) is 0 Å². The van der Waals surface area contributed by atoms with E-state index in [4.69, 9.17) is 0 Å². The van der Waals surface area contributed by atoms with E-state index in [0.29, 0.717) is 15.6 Å². The van der Waals surface area contributed by atoms with E-state index in [9.17, 15) is 9.35 Å². The Labute approximate surface area is 107 Å². The average molecular weight is 262 g/mol. The second kappa shape index (κ2) is 5.61. The average Bonchev–Trinajstić information content (AvgIpc) is 2.47. The van der Waals surface area contributed by atoms with Crippen molar-refractivity contribution < 1.29 is 14.1 Å². The summed E-state index contributed by atoms with van der Waals surface area (Å²) >= 11 is -1.44. The Morgan fingerprint density at radius 1 is 1.22 bits per heavy atom. The van der Waals surface area contributed by atoms with E-state index in [1.165, 1.54) is 25.4 Å². The fourth-order valence-corrected chi connectivity index (χ4v) is 2.21. The predicted molar refractivity (Wildman–Crippen MR) is 64.5 cm³/mol. The van der Waals surface area contributed by atoms with E-state index >= 15 is 0 Å². The Balaban J connectivity index is 2.22. The van der Waals surface area contributed by atoms with Crippen LogP contribution in [0.5, 0.6) is 0 Å². The maximum Gasteiger partial charge on any atom is 0.339 e. The lowest BCUT2D eigenvalue weighted by atomic mass is 10.3. The Kier molecular flexibility index (Phi) is 3.91. The smallest absolute Gasteiger partial charge is 0.339 e. The highest BCUT2D eigenvalue weighted by atomic mass is 32.2.